The van der Waals surface area contributed by atoms with Crippen molar-refractivity contribution in [1.82, 2.24) is 14.7 Å². The van der Waals surface area contributed by atoms with Crippen LogP contribution >= 0.6 is 11.6 Å². The van der Waals surface area contributed by atoms with E-state index in [0.717, 1.165) is 29.7 Å². The Morgan fingerprint density at radius 2 is 2.05 bits per heavy atom. The van der Waals surface area contributed by atoms with Crippen LogP contribution in [0.2, 0.25) is 5.02 Å². The lowest BCUT2D eigenvalue weighted by molar-refractivity contribution is 0.248. The van der Waals surface area contributed by atoms with Crippen LogP contribution in [0, 0.1) is 11.8 Å². The fourth-order valence-electron chi connectivity index (χ4n) is 3.04. The maximum absolute atomic E-state index is 6.51. The molecule has 0 amide bonds. The highest BCUT2D eigenvalue weighted by molar-refractivity contribution is 6.31. The molecule has 1 aromatic rings. The Morgan fingerprint density at radius 1 is 1.40 bits per heavy atom. The van der Waals surface area contributed by atoms with Crippen LogP contribution in [0.15, 0.2) is 6.20 Å². The standard InChI is InChI=1S/C15H27ClN4/c1-11-4-6-12(7-5-11)14(17)15-13(16)10-18-20(15)9-8-19(2)3/h10-12,14H,4-9,17H2,1-3H3. The van der Waals surface area contributed by atoms with Gasteiger partial charge in [-0.3, -0.25) is 4.68 Å². The van der Waals surface area contributed by atoms with Crippen molar-refractivity contribution >= 4 is 11.6 Å². The van der Waals surface area contributed by atoms with Gasteiger partial charge in [0.25, 0.3) is 0 Å². The van der Waals surface area contributed by atoms with Crippen molar-refractivity contribution < 1.29 is 0 Å². The lowest BCUT2D eigenvalue weighted by Gasteiger charge is -2.31. The van der Waals surface area contributed by atoms with Crippen LogP contribution in [0.3, 0.4) is 0 Å². The van der Waals surface area contributed by atoms with Crippen LogP contribution in [0.4, 0.5) is 0 Å². The van der Waals surface area contributed by atoms with Gasteiger partial charge in [0.2, 0.25) is 0 Å². The molecular weight excluding hydrogens is 272 g/mol. The lowest BCUT2D eigenvalue weighted by atomic mass is 9.78. The van der Waals surface area contributed by atoms with Crippen LogP contribution in [-0.4, -0.2) is 35.3 Å². The second kappa shape index (κ2) is 6.92. The number of aromatic nitrogens is 2. The summed E-state index contributed by atoms with van der Waals surface area (Å²) in [5.74, 6) is 1.38. The first-order valence-corrected chi connectivity index (χ1v) is 7.98. The van der Waals surface area contributed by atoms with Gasteiger partial charge in [0.1, 0.15) is 0 Å². The average Bonchev–Trinajstić information content (AvgIpc) is 2.77. The summed E-state index contributed by atoms with van der Waals surface area (Å²) in [6.07, 6.45) is 6.70. The van der Waals surface area contributed by atoms with Crippen molar-refractivity contribution in [2.75, 3.05) is 20.6 Å². The second-order valence-electron chi connectivity index (χ2n) is 6.45. The Hall–Kier alpha value is -0.580. The van der Waals surface area contributed by atoms with E-state index < -0.39 is 0 Å². The van der Waals surface area contributed by atoms with Gasteiger partial charge >= 0.3 is 0 Å². The summed E-state index contributed by atoms with van der Waals surface area (Å²) >= 11 is 6.33. The summed E-state index contributed by atoms with van der Waals surface area (Å²) in [5.41, 5.74) is 7.53. The summed E-state index contributed by atoms with van der Waals surface area (Å²) in [6.45, 7) is 4.11. The van der Waals surface area contributed by atoms with Crippen molar-refractivity contribution in [3.63, 3.8) is 0 Å². The van der Waals surface area contributed by atoms with E-state index in [1.165, 1.54) is 25.7 Å². The number of likely N-dealkylation sites (N-methyl/N-ethyl adjacent to an activating group) is 1. The molecule has 1 atom stereocenters. The molecule has 114 valence electrons. The molecule has 1 fully saturated rings. The maximum Gasteiger partial charge on any atom is 0.0834 e. The van der Waals surface area contributed by atoms with Crippen LogP contribution in [0.25, 0.3) is 0 Å². The van der Waals surface area contributed by atoms with Gasteiger partial charge in [-0.1, -0.05) is 31.4 Å². The zero-order valence-corrected chi connectivity index (χ0v) is 13.6. The van der Waals surface area contributed by atoms with Crippen LogP contribution in [0.5, 0.6) is 0 Å². The minimum Gasteiger partial charge on any atom is -0.322 e. The molecule has 20 heavy (non-hydrogen) atoms. The maximum atomic E-state index is 6.51. The van der Waals surface area contributed by atoms with Crippen molar-refractivity contribution in [1.29, 1.82) is 0 Å². The molecule has 4 nitrogen and oxygen atoms in total. The molecule has 0 bridgehead atoms. The van der Waals surface area contributed by atoms with E-state index in [2.05, 4.69) is 31.0 Å². The second-order valence-corrected chi connectivity index (χ2v) is 6.86. The Kier molecular flexibility index (Phi) is 5.47. The summed E-state index contributed by atoms with van der Waals surface area (Å²) in [5, 5.41) is 5.11. The first kappa shape index (κ1) is 15.8. The van der Waals surface area contributed by atoms with Gasteiger partial charge in [-0.05, 0) is 38.8 Å². The number of rotatable bonds is 5. The van der Waals surface area contributed by atoms with E-state index >= 15 is 0 Å². The molecule has 0 radical (unpaired) electrons. The van der Waals surface area contributed by atoms with E-state index in [1.54, 1.807) is 6.20 Å². The molecule has 2 rings (SSSR count). The minimum absolute atomic E-state index is 0.0136. The topological polar surface area (TPSA) is 47.1 Å². The van der Waals surface area contributed by atoms with E-state index in [9.17, 15) is 0 Å². The highest BCUT2D eigenvalue weighted by Crippen LogP contribution is 2.37. The quantitative estimate of drug-likeness (QED) is 0.909. The summed E-state index contributed by atoms with van der Waals surface area (Å²) in [7, 11) is 4.13. The summed E-state index contributed by atoms with van der Waals surface area (Å²) in [4.78, 5) is 2.15. The van der Waals surface area contributed by atoms with Gasteiger partial charge in [0.05, 0.1) is 29.5 Å². The number of nitrogens with zero attached hydrogens (tertiary/aromatic N) is 3. The largest absolute Gasteiger partial charge is 0.322 e. The van der Waals surface area contributed by atoms with Gasteiger partial charge in [-0.2, -0.15) is 5.10 Å². The summed E-state index contributed by atoms with van der Waals surface area (Å²) in [6, 6.07) is 0.0136. The van der Waals surface area contributed by atoms with Gasteiger partial charge in [-0.25, -0.2) is 0 Å². The van der Waals surface area contributed by atoms with E-state index in [-0.39, 0.29) is 6.04 Å². The smallest absolute Gasteiger partial charge is 0.0834 e. The molecule has 0 saturated heterocycles. The molecule has 1 saturated carbocycles. The highest BCUT2D eigenvalue weighted by atomic mass is 35.5. The lowest BCUT2D eigenvalue weighted by Crippen LogP contribution is -2.29. The Morgan fingerprint density at radius 3 is 2.65 bits per heavy atom. The minimum atomic E-state index is 0.0136. The number of hydrogen-bond donors (Lipinski definition) is 1. The zero-order valence-electron chi connectivity index (χ0n) is 12.8. The number of hydrogen-bond acceptors (Lipinski definition) is 3. The zero-order chi connectivity index (χ0) is 14.7. The highest BCUT2D eigenvalue weighted by Gasteiger charge is 2.28. The summed E-state index contributed by atoms with van der Waals surface area (Å²) < 4.78 is 1.99. The SMILES string of the molecule is CC1CCC(C(N)c2c(Cl)cnn2CCN(C)C)CC1. The molecular formula is C15H27ClN4. The Labute approximate surface area is 127 Å². The van der Waals surface area contributed by atoms with Crippen molar-refractivity contribution in [3.05, 3.63) is 16.9 Å². The molecule has 5 heteroatoms. The average molecular weight is 299 g/mol. The number of nitrogens with two attached hydrogens (primary N) is 1. The molecule has 0 aliphatic heterocycles. The monoisotopic (exact) mass is 298 g/mol. The fourth-order valence-corrected chi connectivity index (χ4v) is 3.31. The predicted molar refractivity (Wildman–Crippen MR) is 83.8 cm³/mol. The third kappa shape index (κ3) is 3.74. The molecule has 1 heterocycles. The van der Waals surface area contributed by atoms with Crippen molar-refractivity contribution in [3.8, 4) is 0 Å². The first-order valence-electron chi connectivity index (χ1n) is 7.60. The van der Waals surface area contributed by atoms with Gasteiger partial charge in [0, 0.05) is 6.54 Å². The fraction of sp³-hybridized carbons (Fsp3) is 0.800. The van der Waals surface area contributed by atoms with E-state index in [1.807, 2.05) is 4.68 Å². The third-order valence-electron chi connectivity index (χ3n) is 4.48. The molecule has 1 aromatic heterocycles. The Bertz CT molecular complexity index is 422. The van der Waals surface area contributed by atoms with Crippen molar-refractivity contribution in [2.24, 2.45) is 17.6 Å². The van der Waals surface area contributed by atoms with Crippen LogP contribution in [0.1, 0.15) is 44.3 Å². The molecule has 1 unspecified atom stereocenters. The molecule has 1 aliphatic rings. The van der Waals surface area contributed by atoms with Gasteiger partial charge < -0.3 is 10.6 Å². The van der Waals surface area contributed by atoms with Crippen molar-refractivity contribution in [2.45, 2.75) is 45.2 Å². The Balaban J connectivity index is 2.08. The molecule has 0 aromatic carbocycles. The van der Waals surface area contributed by atoms with Crippen LogP contribution in [-0.2, 0) is 6.54 Å². The van der Waals surface area contributed by atoms with Gasteiger partial charge in [-0.15, -0.1) is 0 Å². The van der Waals surface area contributed by atoms with E-state index in [4.69, 9.17) is 17.3 Å². The van der Waals surface area contributed by atoms with Crippen LogP contribution < -0.4 is 5.73 Å². The molecule has 0 spiro atoms. The molecule has 1 aliphatic carbocycles. The number of halogens is 1. The van der Waals surface area contributed by atoms with E-state index in [0.29, 0.717) is 5.92 Å². The van der Waals surface area contributed by atoms with Gasteiger partial charge in [0.15, 0.2) is 0 Å². The third-order valence-corrected chi connectivity index (χ3v) is 4.77. The predicted octanol–water partition coefficient (Wildman–Crippen LogP) is 2.92. The molecule has 2 N–H and O–H groups in total. The first-order chi connectivity index (χ1) is 9.49. The normalized spacial score (nSPS) is 25.1.